The molecule has 26 heavy (non-hydrogen) atoms. The Morgan fingerprint density at radius 2 is 1.96 bits per heavy atom. The molecule has 0 aliphatic carbocycles. The SMILES string of the molecule is COc1ccccc1CNC(=O)c1ccc(N2CCCC2)c([N+](=O)[O-])c1. The van der Waals surface area contributed by atoms with Crippen molar-refractivity contribution in [2.75, 3.05) is 25.1 Å². The van der Waals surface area contributed by atoms with Crippen LogP contribution in [0, 0.1) is 10.1 Å². The van der Waals surface area contributed by atoms with Crippen molar-refractivity contribution < 1.29 is 14.5 Å². The van der Waals surface area contributed by atoms with E-state index >= 15 is 0 Å². The number of hydrogen-bond acceptors (Lipinski definition) is 5. The van der Waals surface area contributed by atoms with Gasteiger partial charge in [-0.1, -0.05) is 18.2 Å². The third-order valence-corrected chi connectivity index (χ3v) is 4.51. The summed E-state index contributed by atoms with van der Waals surface area (Å²) in [5.41, 5.74) is 1.66. The summed E-state index contributed by atoms with van der Waals surface area (Å²) in [6, 6.07) is 12.0. The molecule has 1 saturated heterocycles. The number of ether oxygens (including phenoxy) is 1. The lowest BCUT2D eigenvalue weighted by Crippen LogP contribution is -2.24. The number of benzene rings is 2. The van der Waals surface area contributed by atoms with E-state index in [2.05, 4.69) is 5.32 Å². The van der Waals surface area contributed by atoms with E-state index in [1.54, 1.807) is 19.2 Å². The second-order valence-electron chi connectivity index (χ2n) is 6.15. The van der Waals surface area contributed by atoms with Crippen molar-refractivity contribution in [2.45, 2.75) is 19.4 Å². The highest BCUT2D eigenvalue weighted by Gasteiger charge is 2.23. The molecule has 1 fully saturated rings. The number of carbonyl (C=O) groups excluding carboxylic acids is 1. The Morgan fingerprint density at radius 3 is 2.65 bits per heavy atom. The summed E-state index contributed by atoms with van der Waals surface area (Å²) in [6.45, 7) is 1.89. The molecule has 0 radical (unpaired) electrons. The van der Waals surface area contributed by atoms with Crippen LogP contribution in [0.15, 0.2) is 42.5 Å². The van der Waals surface area contributed by atoms with Gasteiger partial charge in [0.25, 0.3) is 11.6 Å². The van der Waals surface area contributed by atoms with Crippen LogP contribution in [-0.2, 0) is 6.54 Å². The molecule has 136 valence electrons. The zero-order chi connectivity index (χ0) is 18.5. The van der Waals surface area contributed by atoms with E-state index in [-0.39, 0.29) is 23.7 Å². The van der Waals surface area contributed by atoms with Crippen LogP contribution in [0.2, 0.25) is 0 Å². The number of carbonyl (C=O) groups is 1. The normalized spacial score (nSPS) is 13.5. The van der Waals surface area contributed by atoms with E-state index in [9.17, 15) is 14.9 Å². The molecule has 2 aromatic carbocycles. The van der Waals surface area contributed by atoms with E-state index < -0.39 is 4.92 Å². The molecule has 7 heteroatoms. The molecule has 1 N–H and O–H groups in total. The lowest BCUT2D eigenvalue weighted by atomic mass is 10.1. The minimum Gasteiger partial charge on any atom is -0.496 e. The van der Waals surface area contributed by atoms with Gasteiger partial charge >= 0.3 is 0 Å². The molecule has 1 aliphatic heterocycles. The van der Waals surface area contributed by atoms with Gasteiger partial charge in [0.05, 0.1) is 12.0 Å². The monoisotopic (exact) mass is 355 g/mol. The van der Waals surface area contributed by atoms with Crippen LogP contribution >= 0.6 is 0 Å². The summed E-state index contributed by atoms with van der Waals surface area (Å²) in [5, 5.41) is 14.2. The van der Waals surface area contributed by atoms with Gasteiger partial charge in [-0.25, -0.2) is 0 Å². The van der Waals surface area contributed by atoms with E-state index in [1.165, 1.54) is 6.07 Å². The Balaban J connectivity index is 1.77. The van der Waals surface area contributed by atoms with E-state index in [4.69, 9.17) is 4.74 Å². The average molecular weight is 355 g/mol. The van der Waals surface area contributed by atoms with Gasteiger partial charge < -0.3 is 15.0 Å². The number of nitro benzene ring substituents is 1. The van der Waals surface area contributed by atoms with Gasteiger partial charge in [0, 0.05) is 36.8 Å². The number of anilines is 1. The highest BCUT2D eigenvalue weighted by atomic mass is 16.6. The maximum atomic E-state index is 12.4. The van der Waals surface area contributed by atoms with Crippen molar-refractivity contribution >= 4 is 17.3 Å². The summed E-state index contributed by atoms with van der Waals surface area (Å²) in [4.78, 5) is 25.5. The number of nitrogens with zero attached hydrogens (tertiary/aromatic N) is 2. The predicted molar refractivity (Wildman–Crippen MR) is 98.7 cm³/mol. The molecule has 0 unspecified atom stereocenters. The van der Waals surface area contributed by atoms with Crippen molar-refractivity contribution in [3.63, 3.8) is 0 Å². The lowest BCUT2D eigenvalue weighted by Gasteiger charge is -2.18. The Hall–Kier alpha value is -3.09. The van der Waals surface area contributed by atoms with E-state index in [0.717, 1.165) is 31.5 Å². The van der Waals surface area contributed by atoms with Crippen LogP contribution in [0.4, 0.5) is 11.4 Å². The highest BCUT2D eigenvalue weighted by Crippen LogP contribution is 2.31. The van der Waals surface area contributed by atoms with Crippen molar-refractivity contribution in [1.82, 2.24) is 5.32 Å². The first kappa shape index (κ1) is 17.7. The average Bonchev–Trinajstić information content (AvgIpc) is 3.20. The Kier molecular flexibility index (Phi) is 5.36. The minimum atomic E-state index is -0.426. The first-order chi connectivity index (χ1) is 12.6. The summed E-state index contributed by atoms with van der Waals surface area (Å²) < 4.78 is 5.26. The molecule has 0 saturated carbocycles. The smallest absolute Gasteiger partial charge is 0.293 e. The minimum absolute atomic E-state index is 0.0307. The molecule has 0 atom stereocenters. The van der Waals surface area contributed by atoms with Crippen molar-refractivity contribution in [3.8, 4) is 5.75 Å². The molecule has 1 heterocycles. The fraction of sp³-hybridized carbons (Fsp3) is 0.316. The summed E-state index contributed by atoms with van der Waals surface area (Å²) >= 11 is 0. The Morgan fingerprint density at radius 1 is 1.23 bits per heavy atom. The number of hydrogen-bond donors (Lipinski definition) is 1. The predicted octanol–water partition coefficient (Wildman–Crippen LogP) is 3.13. The van der Waals surface area contributed by atoms with Gasteiger partial charge in [-0.15, -0.1) is 0 Å². The van der Waals surface area contributed by atoms with Crippen molar-refractivity contribution in [2.24, 2.45) is 0 Å². The van der Waals surface area contributed by atoms with Gasteiger partial charge in [-0.2, -0.15) is 0 Å². The summed E-state index contributed by atoms with van der Waals surface area (Å²) in [6.07, 6.45) is 2.05. The van der Waals surface area contributed by atoms with Crippen molar-refractivity contribution in [1.29, 1.82) is 0 Å². The van der Waals surface area contributed by atoms with Crippen LogP contribution < -0.4 is 15.0 Å². The topological polar surface area (TPSA) is 84.7 Å². The van der Waals surface area contributed by atoms with Gasteiger partial charge in [-0.05, 0) is 31.0 Å². The second-order valence-corrected chi connectivity index (χ2v) is 6.15. The number of methoxy groups -OCH3 is 1. The zero-order valence-corrected chi connectivity index (χ0v) is 14.6. The molecule has 3 rings (SSSR count). The molecule has 1 aliphatic rings. The molecule has 0 spiro atoms. The van der Waals surface area contributed by atoms with Gasteiger partial charge in [-0.3, -0.25) is 14.9 Å². The summed E-state index contributed by atoms with van der Waals surface area (Å²) in [5.74, 6) is 0.329. The maximum absolute atomic E-state index is 12.4. The van der Waals surface area contributed by atoms with E-state index in [0.29, 0.717) is 11.4 Å². The number of para-hydroxylation sites is 1. The first-order valence-corrected chi connectivity index (χ1v) is 8.53. The quantitative estimate of drug-likeness (QED) is 0.636. The van der Waals surface area contributed by atoms with Crippen LogP contribution in [0.1, 0.15) is 28.8 Å². The largest absolute Gasteiger partial charge is 0.496 e. The number of rotatable bonds is 6. The fourth-order valence-electron chi connectivity index (χ4n) is 3.16. The van der Waals surface area contributed by atoms with Crippen molar-refractivity contribution in [3.05, 3.63) is 63.7 Å². The lowest BCUT2D eigenvalue weighted by molar-refractivity contribution is -0.384. The van der Waals surface area contributed by atoms with E-state index in [1.807, 2.05) is 29.2 Å². The molecular formula is C19H21N3O4. The molecule has 7 nitrogen and oxygen atoms in total. The molecule has 2 aromatic rings. The standard InChI is InChI=1S/C19H21N3O4/c1-26-18-7-3-2-6-15(18)13-20-19(23)14-8-9-16(17(12-14)22(24)25)21-10-4-5-11-21/h2-3,6-9,12H,4-5,10-11,13H2,1H3,(H,20,23). The van der Waals surface area contributed by atoms with Gasteiger partial charge in [0.15, 0.2) is 0 Å². The van der Waals surface area contributed by atoms with Crippen LogP contribution in [0.25, 0.3) is 0 Å². The number of nitro groups is 1. The summed E-state index contributed by atoms with van der Waals surface area (Å²) in [7, 11) is 1.57. The van der Waals surface area contributed by atoms with Crippen LogP contribution in [-0.4, -0.2) is 31.0 Å². The Labute approximate surface area is 151 Å². The Bertz CT molecular complexity index is 816. The molecule has 1 amide bonds. The third kappa shape index (κ3) is 3.77. The first-order valence-electron chi connectivity index (χ1n) is 8.53. The van der Waals surface area contributed by atoms with Crippen LogP contribution in [0.3, 0.4) is 0 Å². The molecule has 0 bridgehead atoms. The third-order valence-electron chi connectivity index (χ3n) is 4.51. The number of nitrogens with one attached hydrogen (secondary N) is 1. The van der Waals surface area contributed by atoms with Gasteiger partial charge in [0.1, 0.15) is 11.4 Å². The van der Waals surface area contributed by atoms with Gasteiger partial charge in [0.2, 0.25) is 0 Å². The zero-order valence-electron chi connectivity index (χ0n) is 14.6. The second kappa shape index (κ2) is 7.86. The van der Waals surface area contributed by atoms with Crippen LogP contribution in [0.5, 0.6) is 5.75 Å². The highest BCUT2D eigenvalue weighted by molar-refractivity contribution is 5.95. The fourth-order valence-corrected chi connectivity index (χ4v) is 3.16. The molecule has 0 aromatic heterocycles. The number of amides is 1. The maximum Gasteiger partial charge on any atom is 0.293 e. The molecular weight excluding hydrogens is 334 g/mol.